The van der Waals surface area contributed by atoms with Gasteiger partial charge < -0.3 is 10.0 Å². The molecule has 0 saturated heterocycles. The fraction of sp³-hybridized carbons (Fsp3) is 0.500. The predicted molar refractivity (Wildman–Crippen MR) is 79.4 cm³/mol. The van der Waals surface area contributed by atoms with Crippen molar-refractivity contribution in [2.75, 3.05) is 13.2 Å². The molecule has 3 nitrogen and oxygen atoms in total. The molecule has 0 spiro atoms. The van der Waals surface area contributed by atoms with Gasteiger partial charge in [0.15, 0.2) is 0 Å². The first-order valence-electron chi connectivity index (χ1n) is 6.55. The Morgan fingerprint density at radius 2 is 2.32 bits per heavy atom. The van der Waals surface area contributed by atoms with E-state index in [0.717, 1.165) is 22.1 Å². The molecule has 0 bridgehead atoms. The Bertz CT molecular complexity index is 454. The van der Waals surface area contributed by atoms with Crippen molar-refractivity contribution in [2.24, 2.45) is 0 Å². The highest BCUT2D eigenvalue weighted by Crippen LogP contribution is 2.26. The molecule has 1 aromatic heterocycles. The van der Waals surface area contributed by atoms with E-state index in [1.54, 1.807) is 6.08 Å². The van der Waals surface area contributed by atoms with Crippen molar-refractivity contribution in [3.63, 3.8) is 0 Å². The van der Waals surface area contributed by atoms with Gasteiger partial charge in [0, 0.05) is 30.1 Å². The molecule has 1 aliphatic carbocycles. The summed E-state index contributed by atoms with van der Waals surface area (Å²) >= 11 is 7.31. The Balaban J connectivity index is 1.96. The number of hydrogen-bond donors (Lipinski definition) is 1. The van der Waals surface area contributed by atoms with Crippen LogP contribution in [0.3, 0.4) is 0 Å². The number of hydrogen-bond acceptors (Lipinski definition) is 3. The van der Waals surface area contributed by atoms with Crippen LogP contribution in [0.2, 0.25) is 4.34 Å². The lowest BCUT2D eigenvalue weighted by Gasteiger charge is -2.37. The smallest absolute Gasteiger partial charge is 0.246 e. The Kier molecular flexibility index (Phi) is 5.43. The first kappa shape index (κ1) is 14.6. The monoisotopic (exact) mass is 299 g/mol. The summed E-state index contributed by atoms with van der Waals surface area (Å²) in [6.45, 7) is 0.760. The van der Waals surface area contributed by atoms with Crippen LogP contribution in [0.15, 0.2) is 18.2 Å². The number of rotatable bonds is 6. The predicted octanol–water partition coefficient (Wildman–Crippen LogP) is 3.18. The fourth-order valence-electron chi connectivity index (χ4n) is 2.08. The first-order valence-corrected chi connectivity index (χ1v) is 7.75. The summed E-state index contributed by atoms with van der Waals surface area (Å²) < 4.78 is 0.725. The third kappa shape index (κ3) is 4.06. The van der Waals surface area contributed by atoms with Crippen molar-refractivity contribution in [2.45, 2.75) is 31.7 Å². The Labute approximate surface area is 122 Å². The van der Waals surface area contributed by atoms with Crippen molar-refractivity contribution in [1.82, 2.24) is 4.90 Å². The Morgan fingerprint density at radius 3 is 2.84 bits per heavy atom. The second kappa shape index (κ2) is 7.08. The Morgan fingerprint density at radius 1 is 1.53 bits per heavy atom. The largest absolute Gasteiger partial charge is 0.396 e. The lowest BCUT2D eigenvalue weighted by Crippen LogP contribution is -2.44. The van der Waals surface area contributed by atoms with E-state index in [4.69, 9.17) is 16.7 Å². The van der Waals surface area contributed by atoms with E-state index in [0.29, 0.717) is 19.0 Å². The number of thiophene rings is 1. The zero-order valence-electron chi connectivity index (χ0n) is 10.7. The molecule has 0 aromatic carbocycles. The van der Waals surface area contributed by atoms with Gasteiger partial charge in [0.25, 0.3) is 0 Å². The van der Waals surface area contributed by atoms with E-state index in [2.05, 4.69) is 0 Å². The summed E-state index contributed by atoms with van der Waals surface area (Å²) in [6.07, 6.45) is 7.41. The zero-order chi connectivity index (χ0) is 13.7. The summed E-state index contributed by atoms with van der Waals surface area (Å²) in [5.74, 6) is 0.0303. The molecule has 2 rings (SSSR count). The van der Waals surface area contributed by atoms with Crippen LogP contribution in [0.25, 0.3) is 6.08 Å². The third-order valence-corrected chi connectivity index (χ3v) is 4.54. The number of aliphatic hydroxyl groups is 1. The number of carbonyl (C=O) groups is 1. The quantitative estimate of drug-likeness (QED) is 0.820. The van der Waals surface area contributed by atoms with Crippen molar-refractivity contribution < 1.29 is 9.90 Å². The van der Waals surface area contributed by atoms with E-state index in [-0.39, 0.29) is 12.5 Å². The van der Waals surface area contributed by atoms with Crippen molar-refractivity contribution in [3.05, 3.63) is 27.4 Å². The highest BCUT2D eigenvalue weighted by Gasteiger charge is 2.26. The number of halogens is 1. The van der Waals surface area contributed by atoms with Crippen LogP contribution >= 0.6 is 22.9 Å². The van der Waals surface area contributed by atoms with Gasteiger partial charge in [-0.05, 0) is 43.9 Å². The summed E-state index contributed by atoms with van der Waals surface area (Å²) in [6, 6.07) is 4.08. The summed E-state index contributed by atoms with van der Waals surface area (Å²) in [5, 5.41) is 8.91. The van der Waals surface area contributed by atoms with Gasteiger partial charge in [-0.2, -0.15) is 0 Å². The normalized spacial score (nSPS) is 15.7. The highest BCUT2D eigenvalue weighted by atomic mass is 35.5. The van der Waals surface area contributed by atoms with E-state index < -0.39 is 0 Å². The lowest BCUT2D eigenvalue weighted by atomic mass is 9.91. The second-order valence-corrected chi connectivity index (χ2v) is 6.42. The fourth-order valence-corrected chi connectivity index (χ4v) is 3.04. The Hall–Kier alpha value is -0.840. The zero-order valence-corrected chi connectivity index (χ0v) is 12.3. The maximum Gasteiger partial charge on any atom is 0.246 e. The van der Waals surface area contributed by atoms with Crippen LogP contribution in [-0.4, -0.2) is 35.1 Å². The molecule has 19 heavy (non-hydrogen) atoms. The SMILES string of the molecule is O=C(/C=C/c1ccc(Cl)s1)N(CCCO)C1CCC1. The number of amides is 1. The van der Waals surface area contributed by atoms with E-state index in [1.165, 1.54) is 17.8 Å². The molecule has 1 aromatic rings. The maximum atomic E-state index is 12.2. The van der Waals surface area contributed by atoms with Crippen LogP contribution in [0, 0.1) is 0 Å². The van der Waals surface area contributed by atoms with Crippen LogP contribution in [-0.2, 0) is 4.79 Å². The average Bonchev–Trinajstić information content (AvgIpc) is 2.75. The number of aliphatic hydroxyl groups excluding tert-OH is 1. The third-order valence-electron chi connectivity index (χ3n) is 3.34. The van der Waals surface area contributed by atoms with Gasteiger partial charge in [-0.25, -0.2) is 0 Å². The molecule has 1 fully saturated rings. The number of nitrogens with zero attached hydrogens (tertiary/aromatic N) is 1. The van der Waals surface area contributed by atoms with Gasteiger partial charge in [-0.15, -0.1) is 11.3 Å². The molecule has 0 unspecified atom stereocenters. The van der Waals surface area contributed by atoms with Gasteiger partial charge in [0.2, 0.25) is 5.91 Å². The van der Waals surface area contributed by atoms with Crippen LogP contribution in [0.4, 0.5) is 0 Å². The van der Waals surface area contributed by atoms with Crippen LogP contribution in [0.1, 0.15) is 30.6 Å². The van der Waals surface area contributed by atoms with Crippen molar-refractivity contribution in [1.29, 1.82) is 0 Å². The molecule has 0 aliphatic heterocycles. The standard InChI is InChI=1S/C14H18ClNO2S/c15-13-7-5-12(19-13)6-8-14(18)16(9-2-10-17)11-3-1-4-11/h5-8,11,17H,1-4,9-10H2/b8-6+. The molecule has 1 amide bonds. The van der Waals surface area contributed by atoms with Gasteiger partial charge in [0.1, 0.15) is 0 Å². The molecule has 1 saturated carbocycles. The van der Waals surface area contributed by atoms with Crippen LogP contribution in [0.5, 0.6) is 0 Å². The minimum Gasteiger partial charge on any atom is -0.396 e. The first-order chi connectivity index (χ1) is 9.20. The summed E-state index contributed by atoms with van der Waals surface area (Å²) in [4.78, 5) is 15.1. The topological polar surface area (TPSA) is 40.5 Å². The van der Waals surface area contributed by atoms with E-state index in [1.807, 2.05) is 23.1 Å². The molecular weight excluding hydrogens is 282 g/mol. The number of carbonyl (C=O) groups excluding carboxylic acids is 1. The average molecular weight is 300 g/mol. The molecule has 1 aliphatic rings. The van der Waals surface area contributed by atoms with Crippen LogP contribution < -0.4 is 0 Å². The summed E-state index contributed by atoms with van der Waals surface area (Å²) in [5.41, 5.74) is 0. The molecular formula is C14H18ClNO2S. The molecule has 104 valence electrons. The minimum absolute atomic E-state index is 0.0303. The molecule has 5 heteroatoms. The van der Waals surface area contributed by atoms with Gasteiger partial charge in [0.05, 0.1) is 4.34 Å². The molecule has 0 radical (unpaired) electrons. The van der Waals surface area contributed by atoms with Gasteiger partial charge in [-0.1, -0.05) is 11.6 Å². The van der Waals surface area contributed by atoms with Gasteiger partial charge >= 0.3 is 0 Å². The molecule has 0 atom stereocenters. The second-order valence-electron chi connectivity index (χ2n) is 4.67. The maximum absolute atomic E-state index is 12.2. The van der Waals surface area contributed by atoms with E-state index in [9.17, 15) is 4.79 Å². The molecule has 1 N–H and O–H groups in total. The van der Waals surface area contributed by atoms with E-state index >= 15 is 0 Å². The molecule has 1 heterocycles. The van der Waals surface area contributed by atoms with Gasteiger partial charge in [-0.3, -0.25) is 4.79 Å². The van der Waals surface area contributed by atoms with Crippen molar-refractivity contribution in [3.8, 4) is 0 Å². The lowest BCUT2D eigenvalue weighted by molar-refractivity contribution is -0.130. The summed E-state index contributed by atoms with van der Waals surface area (Å²) in [7, 11) is 0. The highest BCUT2D eigenvalue weighted by molar-refractivity contribution is 7.17. The minimum atomic E-state index is 0.0303. The van der Waals surface area contributed by atoms with Crippen molar-refractivity contribution >= 4 is 34.9 Å².